The van der Waals surface area contributed by atoms with Crippen LogP contribution in [-0.4, -0.2) is 11.1 Å². The number of ether oxygens (including phenoxy) is 2. The van der Waals surface area contributed by atoms with E-state index in [1.54, 1.807) is 48.5 Å². The molecular formula is C20H11Cl2FO4. The molecular weight excluding hydrogens is 394 g/mol. The molecule has 0 fully saturated rings. The molecule has 1 heterocycles. The molecule has 0 aliphatic carbocycles. The SMILES string of the molecule is O=C(O)c1cc2c(cc1F)OC(c1ccc(Cl)cc1)(c1ccc(Cl)cc1)O2. The lowest BCUT2D eigenvalue weighted by Gasteiger charge is -2.28. The summed E-state index contributed by atoms with van der Waals surface area (Å²) >= 11 is 12.0. The number of hydrogen-bond donors (Lipinski definition) is 1. The molecule has 0 atom stereocenters. The summed E-state index contributed by atoms with van der Waals surface area (Å²) in [5, 5.41) is 10.2. The Morgan fingerprint density at radius 1 is 0.852 bits per heavy atom. The average Bonchev–Trinajstić information content (AvgIpc) is 3.01. The zero-order valence-corrected chi connectivity index (χ0v) is 15.1. The summed E-state index contributed by atoms with van der Waals surface area (Å²) in [4.78, 5) is 11.2. The highest BCUT2D eigenvalue weighted by Crippen LogP contribution is 2.48. The topological polar surface area (TPSA) is 55.8 Å². The van der Waals surface area contributed by atoms with Gasteiger partial charge in [0.15, 0.2) is 11.5 Å². The quantitative estimate of drug-likeness (QED) is 0.625. The summed E-state index contributed by atoms with van der Waals surface area (Å²) in [6, 6.07) is 15.7. The summed E-state index contributed by atoms with van der Waals surface area (Å²) in [7, 11) is 0. The van der Waals surface area contributed by atoms with Crippen LogP contribution in [-0.2, 0) is 5.79 Å². The minimum absolute atomic E-state index is 0.0994. The van der Waals surface area contributed by atoms with Crippen LogP contribution in [0.4, 0.5) is 4.39 Å². The number of hydrogen-bond acceptors (Lipinski definition) is 3. The normalized spacial score (nSPS) is 14.2. The molecule has 0 unspecified atom stereocenters. The first-order chi connectivity index (χ1) is 12.9. The van der Waals surface area contributed by atoms with Gasteiger partial charge in [-0.2, -0.15) is 0 Å². The Balaban J connectivity index is 1.89. The Labute approximate surface area is 163 Å². The Morgan fingerprint density at radius 2 is 1.30 bits per heavy atom. The van der Waals surface area contributed by atoms with Crippen molar-refractivity contribution < 1.29 is 23.8 Å². The first kappa shape index (κ1) is 17.6. The van der Waals surface area contributed by atoms with Crippen LogP contribution >= 0.6 is 23.2 Å². The van der Waals surface area contributed by atoms with Gasteiger partial charge in [0.2, 0.25) is 0 Å². The minimum Gasteiger partial charge on any atom is -0.478 e. The first-order valence-corrected chi connectivity index (χ1v) is 8.61. The maximum Gasteiger partial charge on any atom is 0.338 e. The van der Waals surface area contributed by atoms with Gasteiger partial charge in [-0.3, -0.25) is 0 Å². The van der Waals surface area contributed by atoms with Gasteiger partial charge in [0.05, 0.1) is 5.56 Å². The second-order valence-corrected chi connectivity index (χ2v) is 6.79. The van der Waals surface area contributed by atoms with Crippen LogP contribution in [0.5, 0.6) is 11.5 Å². The monoisotopic (exact) mass is 404 g/mol. The zero-order chi connectivity index (χ0) is 19.2. The number of carboxylic acid groups (broad SMARTS) is 1. The molecule has 1 N–H and O–H groups in total. The van der Waals surface area contributed by atoms with Crippen LogP contribution in [0.2, 0.25) is 10.0 Å². The van der Waals surface area contributed by atoms with Gasteiger partial charge >= 0.3 is 11.8 Å². The molecule has 27 heavy (non-hydrogen) atoms. The number of carboxylic acids is 1. The van der Waals surface area contributed by atoms with Crippen LogP contribution in [0.3, 0.4) is 0 Å². The molecule has 0 radical (unpaired) electrons. The van der Waals surface area contributed by atoms with Crippen LogP contribution in [0.1, 0.15) is 21.5 Å². The van der Waals surface area contributed by atoms with E-state index in [9.17, 15) is 9.18 Å². The molecule has 1 aliphatic rings. The summed E-state index contributed by atoms with van der Waals surface area (Å²) in [6.07, 6.45) is 0. The van der Waals surface area contributed by atoms with E-state index >= 15 is 0 Å². The molecule has 0 saturated heterocycles. The lowest BCUT2D eigenvalue weighted by Crippen LogP contribution is -2.36. The van der Waals surface area contributed by atoms with Crippen LogP contribution in [0.15, 0.2) is 60.7 Å². The van der Waals surface area contributed by atoms with Crippen molar-refractivity contribution >= 4 is 29.2 Å². The van der Waals surface area contributed by atoms with Gasteiger partial charge in [-0.25, -0.2) is 9.18 Å². The van der Waals surface area contributed by atoms with E-state index < -0.39 is 23.1 Å². The van der Waals surface area contributed by atoms with E-state index in [0.29, 0.717) is 21.2 Å². The molecule has 0 bridgehead atoms. The Hall–Kier alpha value is -2.76. The summed E-state index contributed by atoms with van der Waals surface area (Å²) in [6.45, 7) is 0. The largest absolute Gasteiger partial charge is 0.478 e. The third-order valence-electron chi connectivity index (χ3n) is 4.22. The number of rotatable bonds is 3. The van der Waals surface area contributed by atoms with Crippen molar-refractivity contribution in [3.63, 3.8) is 0 Å². The molecule has 0 amide bonds. The van der Waals surface area contributed by atoms with Crippen molar-refractivity contribution in [2.75, 3.05) is 0 Å². The van der Waals surface area contributed by atoms with Crippen molar-refractivity contribution in [3.8, 4) is 11.5 Å². The molecule has 4 nitrogen and oxygen atoms in total. The maximum atomic E-state index is 14.1. The van der Waals surface area contributed by atoms with Gasteiger partial charge in [0.1, 0.15) is 5.82 Å². The molecule has 7 heteroatoms. The van der Waals surface area contributed by atoms with E-state index in [1.807, 2.05) is 0 Å². The third kappa shape index (κ3) is 2.99. The fraction of sp³-hybridized carbons (Fsp3) is 0.0500. The van der Waals surface area contributed by atoms with Gasteiger partial charge < -0.3 is 14.6 Å². The smallest absolute Gasteiger partial charge is 0.338 e. The van der Waals surface area contributed by atoms with Crippen LogP contribution in [0.25, 0.3) is 0 Å². The van der Waals surface area contributed by atoms with Crippen molar-refractivity contribution in [2.24, 2.45) is 0 Å². The fourth-order valence-electron chi connectivity index (χ4n) is 2.93. The standard InChI is InChI=1S/C20H11Cl2FO4/c21-13-5-1-11(2-6-13)20(12-3-7-14(22)8-4-12)26-17-9-15(19(24)25)16(23)10-18(17)27-20/h1-10H,(H,24,25). The van der Waals surface area contributed by atoms with E-state index in [-0.39, 0.29) is 11.5 Å². The lowest BCUT2D eigenvalue weighted by atomic mass is 9.97. The Morgan fingerprint density at radius 3 is 1.74 bits per heavy atom. The fourth-order valence-corrected chi connectivity index (χ4v) is 3.18. The highest BCUT2D eigenvalue weighted by atomic mass is 35.5. The highest BCUT2D eigenvalue weighted by molar-refractivity contribution is 6.30. The average molecular weight is 405 g/mol. The van der Waals surface area contributed by atoms with Gasteiger partial charge in [0.25, 0.3) is 0 Å². The highest BCUT2D eigenvalue weighted by Gasteiger charge is 2.46. The van der Waals surface area contributed by atoms with Crippen molar-refractivity contribution in [3.05, 3.63) is 93.2 Å². The van der Waals surface area contributed by atoms with Gasteiger partial charge in [-0.15, -0.1) is 0 Å². The summed E-state index contributed by atoms with van der Waals surface area (Å²) in [5.74, 6) is -3.51. The van der Waals surface area contributed by atoms with Gasteiger partial charge in [-0.1, -0.05) is 23.2 Å². The number of carbonyl (C=O) groups is 1. The zero-order valence-electron chi connectivity index (χ0n) is 13.6. The number of fused-ring (bicyclic) bond motifs is 1. The maximum absolute atomic E-state index is 14.1. The minimum atomic E-state index is -1.43. The lowest BCUT2D eigenvalue weighted by molar-refractivity contribution is -0.0459. The molecule has 3 aromatic rings. The Kier molecular flexibility index (Phi) is 4.21. The van der Waals surface area contributed by atoms with Gasteiger partial charge in [-0.05, 0) is 48.5 Å². The van der Waals surface area contributed by atoms with E-state index in [2.05, 4.69) is 0 Å². The van der Waals surface area contributed by atoms with E-state index in [0.717, 1.165) is 12.1 Å². The molecule has 0 saturated carbocycles. The summed E-state index contributed by atoms with van der Waals surface area (Å²) < 4.78 is 26.2. The van der Waals surface area contributed by atoms with Crippen molar-refractivity contribution in [1.82, 2.24) is 0 Å². The number of aromatic carboxylic acids is 1. The second-order valence-electron chi connectivity index (χ2n) is 5.92. The predicted octanol–water partition coefficient (Wildman–Crippen LogP) is 5.50. The van der Waals surface area contributed by atoms with Crippen LogP contribution < -0.4 is 9.47 Å². The first-order valence-electron chi connectivity index (χ1n) is 7.86. The molecule has 136 valence electrons. The molecule has 4 rings (SSSR count). The second kappa shape index (κ2) is 6.44. The molecule has 0 aromatic heterocycles. The number of halogens is 3. The van der Waals surface area contributed by atoms with Crippen molar-refractivity contribution in [2.45, 2.75) is 5.79 Å². The Bertz CT molecular complexity index is 988. The molecule has 1 aliphatic heterocycles. The predicted molar refractivity (Wildman–Crippen MR) is 98.3 cm³/mol. The van der Waals surface area contributed by atoms with E-state index in [4.69, 9.17) is 37.8 Å². The summed E-state index contributed by atoms with van der Waals surface area (Å²) in [5.41, 5.74) is 0.700. The van der Waals surface area contributed by atoms with Gasteiger partial charge in [0, 0.05) is 33.3 Å². The van der Waals surface area contributed by atoms with Crippen LogP contribution in [0, 0.1) is 5.82 Å². The van der Waals surface area contributed by atoms with Crippen molar-refractivity contribution in [1.29, 1.82) is 0 Å². The van der Waals surface area contributed by atoms with E-state index in [1.165, 1.54) is 0 Å². The molecule has 0 spiro atoms. The number of benzene rings is 3. The third-order valence-corrected chi connectivity index (χ3v) is 4.72. The molecule has 3 aromatic carbocycles.